The number of hydrogen-bond acceptors (Lipinski definition) is 3. The molecule has 1 saturated heterocycles. The highest BCUT2D eigenvalue weighted by Gasteiger charge is 2.32. The average Bonchev–Trinajstić information content (AvgIpc) is 2.62. The number of nitrogens with zero attached hydrogens (tertiary/aromatic N) is 2. The molecule has 7 heteroatoms. The minimum atomic E-state index is -0.820. The molecule has 1 aliphatic rings. The Morgan fingerprint density at radius 1 is 1.62 bits per heavy atom. The van der Waals surface area contributed by atoms with Crippen LogP contribution in [-0.2, 0) is 4.79 Å². The Kier molecular flexibility index (Phi) is 2.76. The monoisotopic (exact) mass is 224 g/mol. The Balaban J connectivity index is 1.75. The summed E-state index contributed by atoms with van der Waals surface area (Å²) in [6.45, 7) is 0.992. The van der Waals surface area contributed by atoms with Gasteiger partial charge in [-0.1, -0.05) is 0 Å². The molecule has 0 spiro atoms. The minimum absolute atomic E-state index is 0.0765. The first-order chi connectivity index (χ1) is 7.65. The van der Waals surface area contributed by atoms with E-state index in [0.29, 0.717) is 18.8 Å². The van der Waals surface area contributed by atoms with Crippen molar-refractivity contribution < 1.29 is 14.7 Å². The second kappa shape index (κ2) is 4.21. The van der Waals surface area contributed by atoms with Crippen molar-refractivity contribution >= 4 is 17.7 Å². The Labute approximate surface area is 91.4 Å². The number of amides is 2. The van der Waals surface area contributed by atoms with E-state index in [9.17, 15) is 9.59 Å². The fourth-order valence-electron chi connectivity index (χ4n) is 1.63. The molecule has 0 unspecified atom stereocenters. The molecule has 1 aliphatic heterocycles. The lowest BCUT2D eigenvalue weighted by atomic mass is 9.97. The maximum Gasteiger partial charge on any atom is 0.321 e. The molecule has 3 N–H and O–H groups in total. The number of aromatic amines is 1. The number of likely N-dealkylation sites (tertiary alicyclic amines) is 1. The van der Waals surface area contributed by atoms with Gasteiger partial charge in [-0.05, 0) is 0 Å². The SMILES string of the molecule is O=C(O)CC1CN(C(=O)Nc2cn[nH]c2)C1. The highest BCUT2D eigenvalue weighted by Crippen LogP contribution is 2.19. The number of anilines is 1. The fourth-order valence-corrected chi connectivity index (χ4v) is 1.63. The van der Waals surface area contributed by atoms with E-state index in [4.69, 9.17) is 5.11 Å². The van der Waals surface area contributed by atoms with Gasteiger partial charge in [0.1, 0.15) is 0 Å². The standard InChI is InChI=1S/C9H12N4O3/c14-8(15)1-6-4-13(5-6)9(16)12-7-2-10-11-3-7/h2-3,6H,1,4-5H2,(H,10,11)(H,12,16)(H,14,15). The van der Waals surface area contributed by atoms with Gasteiger partial charge in [0.2, 0.25) is 0 Å². The van der Waals surface area contributed by atoms with Crippen molar-refractivity contribution in [3.63, 3.8) is 0 Å². The molecule has 16 heavy (non-hydrogen) atoms. The van der Waals surface area contributed by atoms with Crippen molar-refractivity contribution in [3.8, 4) is 0 Å². The Morgan fingerprint density at radius 2 is 2.38 bits per heavy atom. The van der Waals surface area contributed by atoms with Crippen LogP contribution < -0.4 is 5.32 Å². The van der Waals surface area contributed by atoms with E-state index in [1.54, 1.807) is 11.1 Å². The quantitative estimate of drug-likeness (QED) is 0.689. The molecular weight excluding hydrogens is 212 g/mol. The van der Waals surface area contributed by atoms with E-state index in [-0.39, 0.29) is 18.4 Å². The zero-order chi connectivity index (χ0) is 11.5. The van der Waals surface area contributed by atoms with Crippen molar-refractivity contribution in [1.82, 2.24) is 15.1 Å². The van der Waals surface area contributed by atoms with Crippen LogP contribution in [0.15, 0.2) is 12.4 Å². The van der Waals surface area contributed by atoms with Gasteiger partial charge in [-0.15, -0.1) is 0 Å². The summed E-state index contributed by atoms with van der Waals surface area (Å²) in [5.74, 6) is -0.743. The highest BCUT2D eigenvalue weighted by molar-refractivity contribution is 5.89. The third-order valence-corrected chi connectivity index (χ3v) is 2.46. The predicted molar refractivity (Wildman–Crippen MR) is 54.9 cm³/mol. The Morgan fingerprint density at radius 3 is 2.94 bits per heavy atom. The number of nitrogens with one attached hydrogen (secondary N) is 2. The molecule has 0 bridgehead atoms. The van der Waals surface area contributed by atoms with Gasteiger partial charge in [-0.25, -0.2) is 4.79 Å². The smallest absolute Gasteiger partial charge is 0.321 e. The number of carboxylic acids is 1. The van der Waals surface area contributed by atoms with Gasteiger partial charge >= 0.3 is 12.0 Å². The van der Waals surface area contributed by atoms with Gasteiger partial charge in [-0.2, -0.15) is 5.10 Å². The van der Waals surface area contributed by atoms with Gasteiger partial charge < -0.3 is 15.3 Å². The number of carbonyl (C=O) groups is 2. The molecule has 0 saturated carbocycles. The van der Waals surface area contributed by atoms with Crippen LogP contribution in [0, 0.1) is 5.92 Å². The molecule has 0 atom stereocenters. The first-order valence-electron chi connectivity index (χ1n) is 4.91. The number of carbonyl (C=O) groups excluding carboxylic acids is 1. The summed E-state index contributed by atoms with van der Waals surface area (Å²) in [6, 6.07) is -0.219. The number of aliphatic carboxylic acids is 1. The molecule has 0 aliphatic carbocycles. The van der Waals surface area contributed by atoms with Crippen molar-refractivity contribution in [2.45, 2.75) is 6.42 Å². The second-order valence-corrected chi connectivity index (χ2v) is 3.79. The number of urea groups is 1. The van der Waals surface area contributed by atoms with E-state index in [1.165, 1.54) is 6.20 Å². The lowest BCUT2D eigenvalue weighted by Crippen LogP contribution is -2.52. The molecule has 0 aromatic carbocycles. The summed E-state index contributed by atoms with van der Waals surface area (Å²) in [6.07, 6.45) is 3.20. The van der Waals surface area contributed by atoms with Crippen LogP contribution in [0.3, 0.4) is 0 Å². The Hall–Kier alpha value is -2.05. The van der Waals surface area contributed by atoms with E-state index < -0.39 is 5.97 Å². The van der Waals surface area contributed by atoms with Gasteiger partial charge in [-0.3, -0.25) is 9.89 Å². The van der Waals surface area contributed by atoms with Gasteiger partial charge in [0, 0.05) is 25.2 Å². The van der Waals surface area contributed by atoms with Crippen LogP contribution in [0.25, 0.3) is 0 Å². The number of H-pyrrole nitrogens is 1. The highest BCUT2D eigenvalue weighted by atomic mass is 16.4. The van der Waals surface area contributed by atoms with Gasteiger partial charge in [0.15, 0.2) is 0 Å². The van der Waals surface area contributed by atoms with Crippen LogP contribution in [0.1, 0.15) is 6.42 Å². The molecule has 2 rings (SSSR count). The van der Waals surface area contributed by atoms with Crippen LogP contribution >= 0.6 is 0 Å². The normalized spacial score (nSPS) is 15.6. The molecule has 1 aromatic rings. The Bertz CT molecular complexity index is 383. The minimum Gasteiger partial charge on any atom is -0.481 e. The van der Waals surface area contributed by atoms with Crippen LogP contribution in [-0.4, -0.2) is 45.3 Å². The number of rotatable bonds is 3. The molecular formula is C9H12N4O3. The molecule has 1 aromatic heterocycles. The number of carboxylic acid groups (broad SMARTS) is 1. The van der Waals surface area contributed by atoms with Gasteiger partial charge in [0.25, 0.3) is 0 Å². The second-order valence-electron chi connectivity index (χ2n) is 3.79. The first kappa shape index (κ1) is 10.5. The van der Waals surface area contributed by atoms with E-state index in [0.717, 1.165) is 0 Å². The van der Waals surface area contributed by atoms with Crippen LogP contribution in [0.5, 0.6) is 0 Å². The molecule has 0 radical (unpaired) electrons. The molecule has 7 nitrogen and oxygen atoms in total. The lowest BCUT2D eigenvalue weighted by molar-refractivity contribution is -0.139. The van der Waals surface area contributed by atoms with Crippen molar-refractivity contribution in [1.29, 1.82) is 0 Å². The summed E-state index contributed by atoms with van der Waals surface area (Å²) in [5, 5.41) is 17.5. The van der Waals surface area contributed by atoms with Crippen molar-refractivity contribution in [3.05, 3.63) is 12.4 Å². The molecule has 2 amide bonds. The predicted octanol–water partition coefficient (Wildman–Crippen LogP) is 0.348. The summed E-state index contributed by atoms with van der Waals surface area (Å²) in [5.41, 5.74) is 0.603. The lowest BCUT2D eigenvalue weighted by Gasteiger charge is -2.38. The molecule has 2 heterocycles. The van der Waals surface area contributed by atoms with E-state index in [1.807, 2.05) is 0 Å². The number of aromatic nitrogens is 2. The van der Waals surface area contributed by atoms with E-state index >= 15 is 0 Å². The van der Waals surface area contributed by atoms with Gasteiger partial charge in [0.05, 0.1) is 18.3 Å². The maximum absolute atomic E-state index is 11.5. The number of hydrogen-bond donors (Lipinski definition) is 3. The summed E-state index contributed by atoms with van der Waals surface area (Å²) in [4.78, 5) is 23.5. The third-order valence-electron chi connectivity index (χ3n) is 2.46. The average molecular weight is 224 g/mol. The van der Waals surface area contributed by atoms with Crippen molar-refractivity contribution in [2.75, 3.05) is 18.4 Å². The zero-order valence-corrected chi connectivity index (χ0v) is 8.51. The first-order valence-corrected chi connectivity index (χ1v) is 4.91. The molecule has 86 valence electrons. The maximum atomic E-state index is 11.5. The van der Waals surface area contributed by atoms with Crippen molar-refractivity contribution in [2.24, 2.45) is 5.92 Å². The van der Waals surface area contributed by atoms with Crippen LogP contribution in [0.2, 0.25) is 0 Å². The summed E-state index contributed by atoms with van der Waals surface area (Å²) >= 11 is 0. The zero-order valence-electron chi connectivity index (χ0n) is 8.51. The fraction of sp³-hybridized carbons (Fsp3) is 0.444. The summed E-state index contributed by atoms with van der Waals surface area (Å²) < 4.78 is 0. The summed E-state index contributed by atoms with van der Waals surface area (Å²) in [7, 11) is 0. The largest absolute Gasteiger partial charge is 0.481 e. The van der Waals surface area contributed by atoms with E-state index in [2.05, 4.69) is 15.5 Å². The molecule has 1 fully saturated rings. The topological polar surface area (TPSA) is 98.3 Å². The third kappa shape index (κ3) is 2.30. The van der Waals surface area contributed by atoms with Crippen LogP contribution in [0.4, 0.5) is 10.5 Å².